The third-order valence-electron chi connectivity index (χ3n) is 8.21. The highest BCUT2D eigenvalue weighted by atomic mass is 16.6. The van der Waals surface area contributed by atoms with Gasteiger partial charge in [0.1, 0.15) is 17.5 Å². The molecular formula is C28H40N6O5. The van der Waals surface area contributed by atoms with Crippen molar-refractivity contribution in [3.8, 4) is 0 Å². The topological polar surface area (TPSA) is 115 Å². The summed E-state index contributed by atoms with van der Waals surface area (Å²) in [5.74, 6) is 0.555. The highest BCUT2D eigenvalue weighted by Crippen LogP contribution is 2.37. The maximum atomic E-state index is 13.1. The molecule has 0 saturated carbocycles. The molecule has 2 atom stereocenters. The molecule has 11 nitrogen and oxygen atoms in total. The van der Waals surface area contributed by atoms with Crippen molar-refractivity contribution >= 4 is 29.6 Å². The van der Waals surface area contributed by atoms with E-state index < -0.39 is 17.6 Å². The monoisotopic (exact) mass is 540 g/mol. The molecule has 0 spiro atoms. The van der Waals surface area contributed by atoms with Gasteiger partial charge in [-0.1, -0.05) is 0 Å². The van der Waals surface area contributed by atoms with Crippen LogP contribution in [0.3, 0.4) is 0 Å². The van der Waals surface area contributed by atoms with Crippen LogP contribution >= 0.6 is 0 Å². The first-order valence-electron chi connectivity index (χ1n) is 14.1. The fourth-order valence-electron chi connectivity index (χ4n) is 6.09. The number of nitrogens with zero attached hydrogens (tertiary/aromatic N) is 5. The van der Waals surface area contributed by atoms with Gasteiger partial charge in [-0.15, -0.1) is 0 Å². The van der Waals surface area contributed by atoms with Gasteiger partial charge in [-0.3, -0.25) is 24.6 Å². The van der Waals surface area contributed by atoms with Crippen molar-refractivity contribution in [1.82, 2.24) is 25.0 Å². The minimum atomic E-state index is -0.649. The summed E-state index contributed by atoms with van der Waals surface area (Å²) in [6, 6.07) is 2.77. The van der Waals surface area contributed by atoms with Crippen LogP contribution in [-0.2, 0) is 14.3 Å². The Morgan fingerprint density at radius 2 is 1.72 bits per heavy atom. The molecule has 11 heteroatoms. The van der Waals surface area contributed by atoms with Gasteiger partial charge in [0.2, 0.25) is 11.8 Å². The number of aromatic nitrogens is 1. The molecule has 0 aliphatic carbocycles. The van der Waals surface area contributed by atoms with Crippen LogP contribution in [0.1, 0.15) is 75.5 Å². The normalized spacial score (nSPS) is 25.1. The maximum absolute atomic E-state index is 13.1. The van der Waals surface area contributed by atoms with Gasteiger partial charge in [0, 0.05) is 52.2 Å². The second kappa shape index (κ2) is 10.7. The smallest absolute Gasteiger partial charge is 0.410 e. The Kier molecular flexibility index (Phi) is 7.54. The van der Waals surface area contributed by atoms with Gasteiger partial charge in [-0.05, 0) is 65.0 Å². The molecule has 3 fully saturated rings. The number of carbonyl (C=O) groups excluding carboxylic acids is 4. The highest BCUT2D eigenvalue weighted by Gasteiger charge is 2.44. The Balaban J connectivity index is 1.13. The van der Waals surface area contributed by atoms with Gasteiger partial charge in [0.05, 0.1) is 17.3 Å². The summed E-state index contributed by atoms with van der Waals surface area (Å²) in [6.07, 6.45) is 2.46. The molecule has 4 aliphatic rings. The summed E-state index contributed by atoms with van der Waals surface area (Å²) in [5.41, 5.74) is 0.764. The van der Waals surface area contributed by atoms with Crippen LogP contribution in [0.2, 0.25) is 0 Å². The molecule has 0 aromatic carbocycles. The average molecular weight is 541 g/mol. The van der Waals surface area contributed by atoms with E-state index in [2.05, 4.69) is 15.1 Å². The SMILES string of the molecule is CC1c2nc(N3CCC(CN4CCN(C(=O)OC(C)(C)C)CC4)CC3)ccc2C(=O)N1C1CCC(=O)NC1=O. The largest absolute Gasteiger partial charge is 0.444 e. The van der Waals surface area contributed by atoms with E-state index in [9.17, 15) is 19.2 Å². The molecule has 0 radical (unpaired) electrons. The van der Waals surface area contributed by atoms with Crippen LogP contribution in [0.4, 0.5) is 10.6 Å². The first kappa shape index (κ1) is 27.4. The minimum Gasteiger partial charge on any atom is -0.444 e. The number of piperazine rings is 1. The summed E-state index contributed by atoms with van der Waals surface area (Å²) in [5, 5.41) is 2.36. The second-order valence-corrected chi connectivity index (χ2v) is 12.2. The Morgan fingerprint density at radius 3 is 2.36 bits per heavy atom. The third-order valence-corrected chi connectivity index (χ3v) is 8.21. The number of fused-ring (bicyclic) bond motifs is 1. The molecular weight excluding hydrogens is 500 g/mol. The van der Waals surface area contributed by atoms with E-state index >= 15 is 0 Å². The Bertz CT molecular complexity index is 1130. The van der Waals surface area contributed by atoms with Gasteiger partial charge in [-0.25, -0.2) is 9.78 Å². The number of carbonyl (C=O) groups is 4. The van der Waals surface area contributed by atoms with E-state index in [0.717, 1.165) is 51.4 Å². The van der Waals surface area contributed by atoms with E-state index in [0.29, 0.717) is 36.7 Å². The van der Waals surface area contributed by atoms with Crippen LogP contribution in [-0.4, -0.2) is 101 Å². The predicted octanol–water partition coefficient (Wildman–Crippen LogP) is 2.17. The van der Waals surface area contributed by atoms with Crippen LogP contribution in [0.25, 0.3) is 0 Å². The third kappa shape index (κ3) is 5.88. The van der Waals surface area contributed by atoms with Gasteiger partial charge in [0.15, 0.2) is 0 Å². The van der Waals surface area contributed by atoms with Crippen LogP contribution in [0, 0.1) is 5.92 Å². The number of nitrogens with one attached hydrogen (secondary N) is 1. The maximum Gasteiger partial charge on any atom is 0.410 e. The Morgan fingerprint density at radius 1 is 1.03 bits per heavy atom. The summed E-state index contributed by atoms with van der Waals surface area (Å²) >= 11 is 0. The average Bonchev–Trinajstić information content (AvgIpc) is 3.13. The lowest BCUT2D eigenvalue weighted by molar-refractivity contribution is -0.137. The van der Waals surface area contributed by atoms with Crippen molar-refractivity contribution in [2.24, 2.45) is 5.92 Å². The molecule has 212 valence electrons. The summed E-state index contributed by atoms with van der Waals surface area (Å²) in [7, 11) is 0. The number of pyridine rings is 1. The lowest BCUT2D eigenvalue weighted by atomic mass is 9.96. The zero-order valence-corrected chi connectivity index (χ0v) is 23.4. The molecule has 1 aromatic heterocycles. The number of anilines is 1. The molecule has 39 heavy (non-hydrogen) atoms. The minimum absolute atomic E-state index is 0.198. The fraction of sp³-hybridized carbons (Fsp3) is 0.679. The van der Waals surface area contributed by atoms with E-state index in [-0.39, 0.29) is 30.4 Å². The molecule has 4 amide bonds. The van der Waals surface area contributed by atoms with Crippen LogP contribution in [0.15, 0.2) is 12.1 Å². The quantitative estimate of drug-likeness (QED) is 0.578. The molecule has 5 heterocycles. The second-order valence-electron chi connectivity index (χ2n) is 12.2. The number of imide groups is 1. The van der Waals surface area contributed by atoms with Gasteiger partial charge in [0.25, 0.3) is 5.91 Å². The van der Waals surface area contributed by atoms with Crippen molar-refractivity contribution in [3.63, 3.8) is 0 Å². The standard InChI is InChI=1S/C28H40N6O5/c1-18-24-20(26(37)34(18)21-6-8-23(35)30-25(21)36)5-7-22(29-24)32-11-9-19(10-12-32)17-31-13-15-33(16-14-31)27(38)39-28(2,3)4/h5,7,18-19,21H,6,8-17H2,1-4H3,(H,30,35,36). The fourth-order valence-corrected chi connectivity index (χ4v) is 6.09. The summed E-state index contributed by atoms with van der Waals surface area (Å²) in [4.78, 5) is 62.5. The van der Waals surface area contributed by atoms with E-state index in [1.807, 2.05) is 39.8 Å². The number of hydrogen-bond acceptors (Lipinski definition) is 8. The first-order valence-corrected chi connectivity index (χ1v) is 14.1. The molecule has 1 aromatic rings. The zero-order chi connectivity index (χ0) is 27.9. The number of hydrogen-bond donors (Lipinski definition) is 1. The first-order chi connectivity index (χ1) is 18.5. The number of rotatable bonds is 4. The number of ether oxygens (including phenoxy) is 1. The Hall–Kier alpha value is -3.21. The summed E-state index contributed by atoms with van der Waals surface area (Å²) in [6.45, 7) is 13.5. The molecule has 5 rings (SSSR count). The highest BCUT2D eigenvalue weighted by molar-refractivity contribution is 6.05. The molecule has 4 aliphatic heterocycles. The van der Waals surface area contributed by atoms with Crippen molar-refractivity contribution < 1.29 is 23.9 Å². The van der Waals surface area contributed by atoms with Crippen molar-refractivity contribution in [1.29, 1.82) is 0 Å². The van der Waals surface area contributed by atoms with Crippen LogP contribution in [0.5, 0.6) is 0 Å². The molecule has 3 saturated heterocycles. The molecule has 1 N–H and O–H groups in total. The number of amides is 4. The van der Waals surface area contributed by atoms with E-state index in [4.69, 9.17) is 9.72 Å². The predicted molar refractivity (Wildman–Crippen MR) is 144 cm³/mol. The van der Waals surface area contributed by atoms with E-state index in [1.54, 1.807) is 9.80 Å². The molecule has 0 bridgehead atoms. The van der Waals surface area contributed by atoms with Gasteiger partial charge >= 0.3 is 6.09 Å². The van der Waals surface area contributed by atoms with Gasteiger partial charge in [-0.2, -0.15) is 0 Å². The van der Waals surface area contributed by atoms with E-state index in [1.165, 1.54) is 0 Å². The lowest BCUT2D eigenvalue weighted by Gasteiger charge is -2.39. The van der Waals surface area contributed by atoms with Crippen LogP contribution < -0.4 is 10.2 Å². The summed E-state index contributed by atoms with van der Waals surface area (Å²) < 4.78 is 5.51. The molecule has 2 unspecified atom stereocenters. The van der Waals surface area contributed by atoms with Gasteiger partial charge < -0.3 is 19.4 Å². The van der Waals surface area contributed by atoms with Crippen molar-refractivity contribution in [2.45, 2.75) is 71.1 Å². The Labute approximate surface area is 229 Å². The lowest BCUT2D eigenvalue weighted by Crippen LogP contribution is -2.53. The number of piperidine rings is 2. The van der Waals surface area contributed by atoms with Crippen molar-refractivity contribution in [3.05, 3.63) is 23.4 Å². The van der Waals surface area contributed by atoms with Crippen molar-refractivity contribution in [2.75, 3.05) is 50.7 Å². The zero-order valence-electron chi connectivity index (χ0n) is 23.4.